The average Bonchev–Trinajstić information content (AvgIpc) is 2.48. The molecule has 7 heteroatoms. The number of benzene rings is 1. The Balaban J connectivity index is 2.17. The van der Waals surface area contributed by atoms with Crippen molar-refractivity contribution in [2.45, 2.75) is 37.8 Å². The lowest BCUT2D eigenvalue weighted by molar-refractivity contribution is -0.385. The Morgan fingerprint density at radius 2 is 2.05 bits per heavy atom. The quantitative estimate of drug-likeness (QED) is 0.501. The summed E-state index contributed by atoms with van der Waals surface area (Å²) in [6.45, 7) is 0. The molecular weight excluding hydrogens is 276 g/mol. The van der Waals surface area contributed by atoms with Crippen molar-refractivity contribution < 1.29 is 19.6 Å². The molecule has 1 aliphatic rings. The zero-order chi connectivity index (χ0) is 15.4. The fourth-order valence-electron chi connectivity index (χ4n) is 2.51. The van der Waals surface area contributed by atoms with E-state index in [9.17, 15) is 20.0 Å². The van der Waals surface area contributed by atoms with Crippen molar-refractivity contribution in [1.29, 1.82) is 0 Å². The molecule has 114 valence electrons. The highest BCUT2D eigenvalue weighted by molar-refractivity contribution is 5.95. The largest absolute Gasteiger partial charge is 0.465 e. The molecule has 0 aliphatic heterocycles. The second kappa shape index (κ2) is 6.53. The zero-order valence-corrected chi connectivity index (χ0v) is 11.7. The summed E-state index contributed by atoms with van der Waals surface area (Å²) in [6.07, 6.45) is 2.87. The number of ether oxygens (including phenoxy) is 1. The van der Waals surface area contributed by atoms with Crippen LogP contribution in [0.4, 0.5) is 11.4 Å². The summed E-state index contributed by atoms with van der Waals surface area (Å²) in [4.78, 5) is 22.0. The number of nitrogens with zero attached hydrogens (tertiary/aromatic N) is 1. The molecule has 0 unspecified atom stereocenters. The lowest BCUT2D eigenvalue weighted by Crippen LogP contribution is -2.28. The SMILES string of the molecule is COC(=O)c1cc(NC2CCC(O)CC2)ccc1[N+](=O)[O-]. The van der Waals surface area contributed by atoms with Crippen LogP contribution >= 0.6 is 0 Å². The predicted molar refractivity (Wildman–Crippen MR) is 76.3 cm³/mol. The average molecular weight is 294 g/mol. The van der Waals surface area contributed by atoms with Crippen LogP contribution in [0.5, 0.6) is 0 Å². The molecule has 1 saturated carbocycles. The van der Waals surface area contributed by atoms with Gasteiger partial charge in [0.2, 0.25) is 0 Å². The molecule has 0 saturated heterocycles. The van der Waals surface area contributed by atoms with Crippen LogP contribution in [0.25, 0.3) is 0 Å². The van der Waals surface area contributed by atoms with E-state index in [0.29, 0.717) is 5.69 Å². The smallest absolute Gasteiger partial charge is 0.344 e. The van der Waals surface area contributed by atoms with Gasteiger partial charge in [0.05, 0.1) is 18.1 Å². The Morgan fingerprint density at radius 1 is 1.38 bits per heavy atom. The molecular formula is C14H18N2O5. The van der Waals surface area contributed by atoms with Crippen molar-refractivity contribution in [3.8, 4) is 0 Å². The van der Waals surface area contributed by atoms with E-state index >= 15 is 0 Å². The molecule has 0 heterocycles. The number of methoxy groups -OCH3 is 1. The van der Waals surface area contributed by atoms with Crippen LogP contribution in [0.3, 0.4) is 0 Å². The third-order valence-electron chi connectivity index (χ3n) is 3.67. The molecule has 1 aliphatic carbocycles. The van der Waals surface area contributed by atoms with Crippen molar-refractivity contribution >= 4 is 17.3 Å². The number of esters is 1. The number of aliphatic hydroxyl groups is 1. The standard InChI is InChI=1S/C14H18N2O5/c1-21-14(18)12-8-10(4-7-13(12)16(19)20)15-9-2-5-11(17)6-3-9/h4,7-9,11,15,17H,2-3,5-6H2,1H3. The number of hydrogen-bond acceptors (Lipinski definition) is 6. The van der Waals surface area contributed by atoms with Crippen LogP contribution in [0.1, 0.15) is 36.0 Å². The topological polar surface area (TPSA) is 102 Å². The van der Waals surface area contributed by atoms with E-state index in [1.54, 1.807) is 6.07 Å². The van der Waals surface area contributed by atoms with Gasteiger partial charge in [-0.05, 0) is 37.8 Å². The van der Waals surface area contributed by atoms with E-state index in [2.05, 4.69) is 10.1 Å². The molecule has 2 rings (SSSR count). The monoisotopic (exact) mass is 294 g/mol. The number of carbonyl (C=O) groups excluding carboxylic acids is 1. The summed E-state index contributed by atoms with van der Waals surface area (Å²) in [7, 11) is 1.19. The lowest BCUT2D eigenvalue weighted by atomic mass is 9.93. The first-order chi connectivity index (χ1) is 10.0. The normalized spacial score (nSPS) is 21.6. The van der Waals surface area contributed by atoms with E-state index in [-0.39, 0.29) is 23.4 Å². The molecule has 1 fully saturated rings. The van der Waals surface area contributed by atoms with Crippen LogP contribution < -0.4 is 5.32 Å². The number of nitro groups is 1. The van der Waals surface area contributed by atoms with Gasteiger partial charge in [-0.15, -0.1) is 0 Å². The Labute approximate surface area is 122 Å². The fourth-order valence-corrected chi connectivity index (χ4v) is 2.51. The zero-order valence-electron chi connectivity index (χ0n) is 11.7. The molecule has 0 radical (unpaired) electrons. The van der Waals surface area contributed by atoms with Crippen molar-refractivity contribution in [2.75, 3.05) is 12.4 Å². The predicted octanol–water partition coefficient (Wildman–Crippen LogP) is 2.10. The molecule has 21 heavy (non-hydrogen) atoms. The second-order valence-electron chi connectivity index (χ2n) is 5.13. The molecule has 0 bridgehead atoms. The summed E-state index contributed by atoms with van der Waals surface area (Å²) >= 11 is 0. The minimum Gasteiger partial charge on any atom is -0.465 e. The number of aliphatic hydroxyl groups excluding tert-OH is 1. The number of nitrogens with one attached hydrogen (secondary N) is 1. The van der Waals surface area contributed by atoms with Crippen molar-refractivity contribution in [2.24, 2.45) is 0 Å². The van der Waals surface area contributed by atoms with Crippen LogP contribution in [0, 0.1) is 10.1 Å². The van der Waals surface area contributed by atoms with Crippen molar-refractivity contribution in [3.05, 3.63) is 33.9 Å². The van der Waals surface area contributed by atoms with E-state index in [4.69, 9.17) is 0 Å². The van der Waals surface area contributed by atoms with Gasteiger partial charge in [-0.3, -0.25) is 10.1 Å². The number of carbonyl (C=O) groups is 1. The van der Waals surface area contributed by atoms with Gasteiger partial charge in [-0.2, -0.15) is 0 Å². The highest BCUT2D eigenvalue weighted by Gasteiger charge is 2.23. The maximum atomic E-state index is 11.6. The summed E-state index contributed by atoms with van der Waals surface area (Å²) < 4.78 is 4.58. The first-order valence-electron chi connectivity index (χ1n) is 6.82. The highest BCUT2D eigenvalue weighted by Crippen LogP contribution is 2.26. The van der Waals surface area contributed by atoms with Gasteiger partial charge in [0.25, 0.3) is 5.69 Å². The number of anilines is 1. The molecule has 0 atom stereocenters. The van der Waals surface area contributed by atoms with Crippen LogP contribution in [0.15, 0.2) is 18.2 Å². The van der Waals surface area contributed by atoms with Gasteiger partial charge in [0.1, 0.15) is 5.56 Å². The van der Waals surface area contributed by atoms with Crippen molar-refractivity contribution in [1.82, 2.24) is 0 Å². The fraction of sp³-hybridized carbons (Fsp3) is 0.500. The Hall–Kier alpha value is -2.15. The van der Waals surface area contributed by atoms with E-state index < -0.39 is 10.9 Å². The first-order valence-corrected chi connectivity index (χ1v) is 6.82. The minimum atomic E-state index is -0.732. The lowest BCUT2D eigenvalue weighted by Gasteiger charge is -2.27. The Kier molecular flexibility index (Phi) is 4.74. The molecule has 0 amide bonds. The van der Waals surface area contributed by atoms with E-state index in [1.807, 2.05) is 0 Å². The second-order valence-corrected chi connectivity index (χ2v) is 5.13. The molecule has 0 spiro atoms. The van der Waals surface area contributed by atoms with E-state index in [0.717, 1.165) is 25.7 Å². The highest BCUT2D eigenvalue weighted by atomic mass is 16.6. The number of hydrogen-bond donors (Lipinski definition) is 2. The van der Waals surface area contributed by atoms with Crippen molar-refractivity contribution in [3.63, 3.8) is 0 Å². The Morgan fingerprint density at radius 3 is 2.62 bits per heavy atom. The van der Waals surface area contributed by atoms with Gasteiger partial charge in [0, 0.05) is 17.8 Å². The summed E-state index contributed by atoms with van der Waals surface area (Å²) in [5, 5.41) is 23.6. The third kappa shape index (κ3) is 3.69. The third-order valence-corrected chi connectivity index (χ3v) is 3.67. The van der Waals surface area contributed by atoms with Gasteiger partial charge in [0.15, 0.2) is 0 Å². The van der Waals surface area contributed by atoms with Crippen LogP contribution in [-0.2, 0) is 4.74 Å². The molecule has 7 nitrogen and oxygen atoms in total. The summed E-state index contributed by atoms with van der Waals surface area (Å²) in [5.74, 6) is -0.732. The van der Waals surface area contributed by atoms with Gasteiger partial charge in [-0.1, -0.05) is 0 Å². The maximum Gasteiger partial charge on any atom is 0.344 e. The van der Waals surface area contributed by atoms with Crippen LogP contribution in [-0.4, -0.2) is 35.3 Å². The summed E-state index contributed by atoms with van der Waals surface area (Å²) in [6, 6.07) is 4.51. The van der Waals surface area contributed by atoms with Gasteiger partial charge >= 0.3 is 5.97 Å². The molecule has 1 aromatic carbocycles. The van der Waals surface area contributed by atoms with Gasteiger partial charge < -0.3 is 15.2 Å². The number of rotatable bonds is 4. The van der Waals surface area contributed by atoms with Crippen LogP contribution in [0.2, 0.25) is 0 Å². The number of nitro benzene ring substituents is 1. The Bertz CT molecular complexity index is 538. The summed E-state index contributed by atoms with van der Waals surface area (Å²) in [5.41, 5.74) is 0.303. The molecule has 1 aromatic rings. The van der Waals surface area contributed by atoms with E-state index in [1.165, 1.54) is 19.2 Å². The van der Waals surface area contributed by atoms with Gasteiger partial charge in [-0.25, -0.2) is 4.79 Å². The minimum absolute atomic E-state index is 0.0663. The molecule has 2 N–H and O–H groups in total. The maximum absolute atomic E-state index is 11.6. The first kappa shape index (κ1) is 15.2. The molecule has 0 aromatic heterocycles.